The molecule has 0 aromatic heterocycles. The van der Waals surface area contributed by atoms with E-state index in [2.05, 4.69) is 81.4 Å². The summed E-state index contributed by atoms with van der Waals surface area (Å²) in [6, 6.07) is 31.3. The Bertz CT molecular complexity index is 996. The van der Waals surface area contributed by atoms with Crippen LogP contribution in [0, 0.1) is 0 Å². The number of aliphatic hydroxyl groups is 1. The molecule has 0 radical (unpaired) electrons. The Hall–Kier alpha value is -2.15. The number of hydrogen-bond acceptors (Lipinski definition) is 4. The van der Waals surface area contributed by atoms with Gasteiger partial charge < -0.3 is 14.3 Å². The highest BCUT2D eigenvalue weighted by Crippen LogP contribution is 2.37. The number of ether oxygens (including phenoxy) is 1. The van der Waals surface area contributed by atoms with Crippen molar-refractivity contribution in [2.24, 2.45) is 0 Å². The fourth-order valence-corrected chi connectivity index (χ4v) is 9.95. The second-order valence-electron chi connectivity index (χ2n) is 9.32. The molecule has 0 amide bonds. The fraction of sp³-hybridized carbons (Fsp3) is 0.286. The van der Waals surface area contributed by atoms with Gasteiger partial charge in [0.2, 0.25) is 0 Å². The first kappa shape index (κ1) is 24.0. The van der Waals surface area contributed by atoms with Crippen LogP contribution in [-0.4, -0.2) is 37.7 Å². The number of rotatable bonds is 7. The van der Waals surface area contributed by atoms with E-state index in [1.807, 2.05) is 42.5 Å². The molecule has 1 aliphatic heterocycles. The van der Waals surface area contributed by atoms with Crippen LogP contribution < -0.4 is 10.4 Å². The van der Waals surface area contributed by atoms with Gasteiger partial charge in [0.1, 0.15) is 17.6 Å². The van der Waals surface area contributed by atoms with E-state index in [0.29, 0.717) is 6.61 Å². The van der Waals surface area contributed by atoms with Gasteiger partial charge in [0.25, 0.3) is 8.32 Å². The second-order valence-corrected chi connectivity index (χ2v) is 14.8. The maximum atomic E-state index is 10.7. The molecule has 172 valence electrons. The maximum Gasteiger partial charge on any atom is 0.261 e. The Morgan fingerprint density at radius 3 is 1.85 bits per heavy atom. The predicted molar refractivity (Wildman–Crippen MR) is 140 cm³/mol. The van der Waals surface area contributed by atoms with Crippen molar-refractivity contribution in [1.29, 1.82) is 0 Å². The highest BCUT2D eigenvalue weighted by atomic mass is 32.2. The molecule has 3 aromatic carbocycles. The quantitative estimate of drug-likeness (QED) is 0.385. The van der Waals surface area contributed by atoms with Crippen LogP contribution >= 0.6 is 11.8 Å². The van der Waals surface area contributed by atoms with Crippen molar-refractivity contribution in [2.75, 3.05) is 6.61 Å². The van der Waals surface area contributed by atoms with Crippen LogP contribution in [0.2, 0.25) is 5.04 Å². The molecule has 0 saturated heterocycles. The summed E-state index contributed by atoms with van der Waals surface area (Å²) in [7, 11) is -2.68. The Labute approximate surface area is 202 Å². The molecule has 3 aromatic rings. The zero-order chi connectivity index (χ0) is 23.3. The summed E-state index contributed by atoms with van der Waals surface area (Å²) in [4.78, 5) is 1.13. The van der Waals surface area contributed by atoms with Gasteiger partial charge >= 0.3 is 0 Å². The van der Waals surface area contributed by atoms with E-state index in [9.17, 15) is 5.11 Å². The van der Waals surface area contributed by atoms with E-state index in [-0.39, 0.29) is 10.5 Å². The number of hydrogen-bond donors (Lipinski definition) is 1. The van der Waals surface area contributed by atoms with Gasteiger partial charge in [-0.25, -0.2) is 0 Å². The predicted octanol–water partition coefficient (Wildman–Crippen LogP) is 5.00. The van der Waals surface area contributed by atoms with Gasteiger partial charge in [-0.1, -0.05) is 117 Å². The zero-order valence-electron chi connectivity index (χ0n) is 19.4. The molecule has 3 nitrogen and oxygen atoms in total. The van der Waals surface area contributed by atoms with Crippen molar-refractivity contribution < 1.29 is 14.3 Å². The van der Waals surface area contributed by atoms with Crippen molar-refractivity contribution in [3.63, 3.8) is 0 Å². The molecule has 1 aliphatic rings. The third kappa shape index (κ3) is 5.34. The number of aliphatic hydroxyl groups excluding tert-OH is 1. The fourth-order valence-electron chi connectivity index (χ4n) is 4.43. The molecule has 0 saturated carbocycles. The van der Waals surface area contributed by atoms with Gasteiger partial charge in [-0.2, -0.15) is 0 Å². The molecule has 5 heteroatoms. The van der Waals surface area contributed by atoms with Crippen LogP contribution in [0.15, 0.2) is 108 Å². The van der Waals surface area contributed by atoms with Gasteiger partial charge in [-0.3, -0.25) is 0 Å². The molecule has 0 unspecified atom stereocenters. The minimum Gasteiger partial charge on any atom is -0.405 e. The van der Waals surface area contributed by atoms with E-state index in [0.717, 1.165) is 4.90 Å². The third-order valence-corrected chi connectivity index (χ3v) is 12.1. The summed E-state index contributed by atoms with van der Waals surface area (Å²) >= 11 is 1.64. The van der Waals surface area contributed by atoms with Crippen molar-refractivity contribution in [3.8, 4) is 0 Å². The lowest BCUT2D eigenvalue weighted by atomic mass is 10.1. The smallest absolute Gasteiger partial charge is 0.261 e. The number of thioether (sulfide) groups is 1. The molecule has 4 rings (SSSR count). The first-order valence-electron chi connectivity index (χ1n) is 11.4. The van der Waals surface area contributed by atoms with E-state index in [1.165, 1.54) is 10.4 Å². The molecule has 1 N–H and O–H groups in total. The minimum atomic E-state index is -2.68. The largest absolute Gasteiger partial charge is 0.405 e. The van der Waals surface area contributed by atoms with Crippen LogP contribution in [0.4, 0.5) is 0 Å². The van der Waals surface area contributed by atoms with E-state index in [4.69, 9.17) is 9.16 Å². The van der Waals surface area contributed by atoms with E-state index < -0.39 is 20.5 Å². The van der Waals surface area contributed by atoms with Crippen molar-refractivity contribution in [1.82, 2.24) is 0 Å². The van der Waals surface area contributed by atoms with Gasteiger partial charge in [0.05, 0.1) is 6.61 Å². The molecule has 3 atom stereocenters. The molecule has 0 aliphatic carbocycles. The Kier molecular flexibility index (Phi) is 7.57. The monoisotopic (exact) mass is 476 g/mol. The van der Waals surface area contributed by atoms with Gasteiger partial charge in [0.15, 0.2) is 0 Å². The van der Waals surface area contributed by atoms with Crippen LogP contribution in [-0.2, 0) is 9.16 Å². The molecular formula is C28H32O3SSi. The second kappa shape index (κ2) is 10.4. The molecule has 1 heterocycles. The average Bonchev–Trinajstić information content (AvgIpc) is 2.82. The summed E-state index contributed by atoms with van der Waals surface area (Å²) in [5.41, 5.74) is -0.163. The highest BCUT2D eigenvalue weighted by Gasteiger charge is 2.50. The Morgan fingerprint density at radius 1 is 0.818 bits per heavy atom. The summed E-state index contributed by atoms with van der Waals surface area (Å²) in [6.45, 7) is 7.09. The lowest BCUT2D eigenvalue weighted by molar-refractivity contribution is -0.0508. The van der Waals surface area contributed by atoms with Gasteiger partial charge in [-0.15, -0.1) is 0 Å². The summed E-state index contributed by atoms with van der Waals surface area (Å²) in [6.07, 6.45) is 2.64. The average molecular weight is 477 g/mol. The van der Waals surface area contributed by atoms with Crippen molar-refractivity contribution in [3.05, 3.63) is 103 Å². The van der Waals surface area contributed by atoms with Gasteiger partial charge in [-0.05, 0) is 33.6 Å². The lowest BCUT2D eigenvalue weighted by Crippen LogP contribution is -2.67. The topological polar surface area (TPSA) is 38.7 Å². The maximum absolute atomic E-state index is 10.7. The standard InChI is InChI=1S/C28H32O3SSi/c1-28(2,3)33(23-15-9-5-10-16-23,24-17-11-6-12-18-24)30-21-26-25(29)19-20-27(31-26)32-22-13-7-4-8-14-22/h4-20,25-27,29H,21H2,1-3H3/t25-,26-,27+/m1/s1. The first-order valence-corrected chi connectivity index (χ1v) is 14.2. The van der Waals surface area contributed by atoms with Crippen LogP contribution in [0.1, 0.15) is 20.8 Å². The summed E-state index contributed by atoms with van der Waals surface area (Å²) in [5, 5.41) is 13.0. The highest BCUT2D eigenvalue weighted by molar-refractivity contribution is 8.00. The van der Waals surface area contributed by atoms with Crippen molar-refractivity contribution in [2.45, 2.75) is 48.3 Å². The molecular weight excluding hydrogens is 444 g/mol. The zero-order valence-corrected chi connectivity index (χ0v) is 21.2. The molecule has 33 heavy (non-hydrogen) atoms. The van der Waals surface area contributed by atoms with Gasteiger partial charge in [0, 0.05) is 4.90 Å². The summed E-state index contributed by atoms with van der Waals surface area (Å²) < 4.78 is 13.3. The van der Waals surface area contributed by atoms with Crippen LogP contribution in [0.3, 0.4) is 0 Å². The summed E-state index contributed by atoms with van der Waals surface area (Å²) in [5.74, 6) is 0. The van der Waals surface area contributed by atoms with Crippen LogP contribution in [0.25, 0.3) is 0 Å². The Balaban J connectivity index is 1.61. The van der Waals surface area contributed by atoms with Crippen LogP contribution in [0.5, 0.6) is 0 Å². The third-order valence-electron chi connectivity index (χ3n) is 6.03. The molecule has 0 bridgehead atoms. The molecule has 0 spiro atoms. The lowest BCUT2D eigenvalue weighted by Gasteiger charge is -2.44. The Morgan fingerprint density at radius 2 is 1.33 bits per heavy atom. The van der Waals surface area contributed by atoms with E-state index >= 15 is 0 Å². The van der Waals surface area contributed by atoms with E-state index in [1.54, 1.807) is 11.8 Å². The molecule has 0 fully saturated rings. The normalized spacial score (nSPS) is 21.2. The van der Waals surface area contributed by atoms with Crippen molar-refractivity contribution >= 4 is 30.5 Å². The number of benzene rings is 3. The first-order chi connectivity index (χ1) is 15.9. The SMILES string of the molecule is CC(C)(C)[Si](OC[C@H]1O[C@@H](Sc2ccccc2)C=C[C@H]1O)(c1ccccc1)c1ccccc1. The minimum absolute atomic E-state index is 0.122.